The molecule has 1 N–H and O–H groups in total. The van der Waals surface area contributed by atoms with E-state index in [-0.39, 0.29) is 5.91 Å². The molecule has 0 fully saturated rings. The number of anilines is 1. The predicted octanol–water partition coefficient (Wildman–Crippen LogP) is 4.82. The number of nitrogens with one attached hydrogen (secondary N) is 1. The first-order valence-electron chi connectivity index (χ1n) is 9.74. The number of rotatable bonds is 4. The van der Waals surface area contributed by atoms with E-state index in [1.54, 1.807) is 11.8 Å². The maximum absolute atomic E-state index is 13.3. The lowest BCUT2D eigenvalue weighted by Gasteiger charge is -2.11. The van der Waals surface area contributed by atoms with Crippen LogP contribution >= 0.6 is 0 Å². The number of carbonyl (C=O) groups is 1. The molecule has 152 valence electrons. The lowest BCUT2D eigenvalue weighted by molar-refractivity contribution is 0.102. The molecule has 1 amide bonds. The molecule has 0 saturated carbocycles. The molecule has 0 aliphatic rings. The summed E-state index contributed by atoms with van der Waals surface area (Å²) in [7, 11) is 3.46. The van der Waals surface area contributed by atoms with Crippen molar-refractivity contribution in [3.05, 3.63) is 70.9 Å². The fraction of sp³-hybridized carbons (Fsp3) is 0.208. The van der Waals surface area contributed by atoms with Crippen LogP contribution < -0.4 is 10.1 Å². The molecule has 0 bridgehead atoms. The average molecular weight is 400 g/mol. The second-order valence-corrected chi connectivity index (χ2v) is 7.45. The van der Waals surface area contributed by atoms with Gasteiger partial charge in [0.25, 0.3) is 5.91 Å². The number of fused-ring (bicyclic) bond motifs is 1. The van der Waals surface area contributed by atoms with Gasteiger partial charge in [-0.3, -0.25) is 9.48 Å². The van der Waals surface area contributed by atoms with E-state index in [0.717, 1.165) is 33.6 Å². The second-order valence-electron chi connectivity index (χ2n) is 7.45. The van der Waals surface area contributed by atoms with Crippen LogP contribution in [-0.2, 0) is 7.05 Å². The highest BCUT2D eigenvalue weighted by atomic mass is 16.5. The third kappa shape index (κ3) is 3.52. The van der Waals surface area contributed by atoms with Gasteiger partial charge >= 0.3 is 0 Å². The first-order valence-corrected chi connectivity index (χ1v) is 9.74. The fourth-order valence-electron chi connectivity index (χ4n) is 3.57. The highest BCUT2D eigenvalue weighted by Gasteiger charge is 2.19. The van der Waals surface area contributed by atoms with Crippen molar-refractivity contribution in [1.29, 1.82) is 0 Å². The van der Waals surface area contributed by atoms with Gasteiger partial charge in [0.2, 0.25) is 0 Å². The Labute approximate surface area is 175 Å². The van der Waals surface area contributed by atoms with Gasteiger partial charge in [-0.25, -0.2) is 4.98 Å². The largest absolute Gasteiger partial charge is 0.497 e. The summed E-state index contributed by atoms with van der Waals surface area (Å²) < 4.78 is 7.05. The Kier molecular flexibility index (Phi) is 4.99. The molecule has 30 heavy (non-hydrogen) atoms. The standard InChI is InChI=1S/C24H24N4O2/c1-14-9-10-18(11-15(14)2)25-24(29)20-13-21(17-7-6-8-19(12-17)30-5)26-23-22(20)16(3)27-28(23)4/h6-13H,1-5H3,(H,25,29). The molecule has 2 aromatic heterocycles. The van der Waals surface area contributed by atoms with Crippen molar-refractivity contribution < 1.29 is 9.53 Å². The van der Waals surface area contributed by atoms with Crippen LogP contribution in [0.4, 0.5) is 5.69 Å². The molecule has 0 radical (unpaired) electrons. The molecule has 4 rings (SSSR count). The van der Waals surface area contributed by atoms with E-state index in [4.69, 9.17) is 9.72 Å². The first kappa shape index (κ1) is 19.6. The summed E-state index contributed by atoms with van der Waals surface area (Å²) in [5.41, 5.74) is 6.61. The van der Waals surface area contributed by atoms with Crippen LogP contribution in [0.15, 0.2) is 48.5 Å². The van der Waals surface area contributed by atoms with E-state index in [1.807, 2.05) is 76.3 Å². The summed E-state index contributed by atoms with van der Waals surface area (Å²) in [5, 5.41) is 8.27. The molecule has 0 unspecified atom stereocenters. The molecule has 6 heteroatoms. The van der Waals surface area contributed by atoms with Gasteiger partial charge < -0.3 is 10.1 Å². The zero-order valence-electron chi connectivity index (χ0n) is 17.8. The van der Waals surface area contributed by atoms with Crippen molar-refractivity contribution in [2.75, 3.05) is 12.4 Å². The summed E-state index contributed by atoms with van der Waals surface area (Å²) in [6.07, 6.45) is 0. The van der Waals surface area contributed by atoms with Crippen LogP contribution in [0.5, 0.6) is 5.75 Å². The van der Waals surface area contributed by atoms with Gasteiger partial charge in [-0.05, 0) is 62.2 Å². The van der Waals surface area contributed by atoms with Crippen molar-refractivity contribution in [2.45, 2.75) is 20.8 Å². The van der Waals surface area contributed by atoms with E-state index in [0.29, 0.717) is 16.9 Å². The van der Waals surface area contributed by atoms with Crippen LogP contribution in [0.3, 0.4) is 0 Å². The number of hydrogen-bond acceptors (Lipinski definition) is 4. The zero-order chi connectivity index (χ0) is 21.4. The smallest absolute Gasteiger partial charge is 0.256 e. The van der Waals surface area contributed by atoms with E-state index in [9.17, 15) is 4.79 Å². The third-order valence-electron chi connectivity index (χ3n) is 5.34. The number of aromatic nitrogens is 3. The minimum absolute atomic E-state index is 0.189. The van der Waals surface area contributed by atoms with E-state index in [2.05, 4.69) is 10.4 Å². The van der Waals surface area contributed by atoms with Gasteiger partial charge in [0.1, 0.15) is 5.75 Å². The van der Waals surface area contributed by atoms with Crippen LogP contribution in [0, 0.1) is 20.8 Å². The summed E-state index contributed by atoms with van der Waals surface area (Å²) in [5.74, 6) is 0.544. The Morgan fingerprint density at radius 1 is 1.03 bits per heavy atom. The molecule has 0 atom stereocenters. The molecule has 2 heterocycles. The van der Waals surface area contributed by atoms with E-state index >= 15 is 0 Å². The topological polar surface area (TPSA) is 69.0 Å². The number of pyridine rings is 1. The van der Waals surface area contributed by atoms with Gasteiger partial charge in [-0.1, -0.05) is 18.2 Å². The number of methoxy groups -OCH3 is 1. The van der Waals surface area contributed by atoms with Crippen LogP contribution in [0.1, 0.15) is 27.2 Å². The first-order chi connectivity index (χ1) is 14.4. The van der Waals surface area contributed by atoms with Gasteiger partial charge in [0.05, 0.1) is 29.4 Å². The Balaban J connectivity index is 1.84. The van der Waals surface area contributed by atoms with Crippen molar-refractivity contribution in [3.63, 3.8) is 0 Å². The number of nitrogens with zero attached hydrogens (tertiary/aromatic N) is 3. The average Bonchev–Trinajstić information content (AvgIpc) is 3.03. The van der Waals surface area contributed by atoms with Gasteiger partial charge in [-0.2, -0.15) is 5.10 Å². The maximum atomic E-state index is 13.3. The Bertz CT molecular complexity index is 1270. The van der Waals surface area contributed by atoms with Gasteiger partial charge in [0.15, 0.2) is 5.65 Å². The van der Waals surface area contributed by atoms with Crippen LogP contribution in [0.25, 0.3) is 22.3 Å². The summed E-state index contributed by atoms with van der Waals surface area (Å²) in [6, 6.07) is 15.4. The lowest BCUT2D eigenvalue weighted by Crippen LogP contribution is -2.13. The number of ether oxygens (including phenoxy) is 1. The fourth-order valence-corrected chi connectivity index (χ4v) is 3.57. The van der Waals surface area contributed by atoms with E-state index < -0.39 is 0 Å². The molecule has 0 spiro atoms. The quantitative estimate of drug-likeness (QED) is 0.533. The van der Waals surface area contributed by atoms with Crippen molar-refractivity contribution >= 4 is 22.6 Å². The number of aryl methyl sites for hydroxylation is 4. The number of hydrogen-bond donors (Lipinski definition) is 1. The molecule has 0 saturated heterocycles. The van der Waals surface area contributed by atoms with Gasteiger partial charge in [-0.15, -0.1) is 0 Å². The Hall–Kier alpha value is -3.67. The summed E-state index contributed by atoms with van der Waals surface area (Å²) >= 11 is 0. The van der Waals surface area contributed by atoms with Crippen LogP contribution in [-0.4, -0.2) is 27.8 Å². The Morgan fingerprint density at radius 3 is 2.57 bits per heavy atom. The monoisotopic (exact) mass is 400 g/mol. The zero-order valence-corrected chi connectivity index (χ0v) is 17.8. The molecule has 4 aromatic rings. The highest BCUT2D eigenvalue weighted by molar-refractivity contribution is 6.13. The number of carbonyl (C=O) groups excluding carboxylic acids is 1. The van der Waals surface area contributed by atoms with Gasteiger partial charge in [0, 0.05) is 18.3 Å². The minimum Gasteiger partial charge on any atom is -0.497 e. The summed E-state index contributed by atoms with van der Waals surface area (Å²) in [4.78, 5) is 18.1. The van der Waals surface area contributed by atoms with Crippen molar-refractivity contribution in [1.82, 2.24) is 14.8 Å². The lowest BCUT2D eigenvalue weighted by atomic mass is 10.0. The predicted molar refractivity (Wildman–Crippen MR) is 119 cm³/mol. The highest BCUT2D eigenvalue weighted by Crippen LogP contribution is 2.29. The van der Waals surface area contributed by atoms with Crippen molar-refractivity contribution in [3.8, 4) is 17.0 Å². The number of amides is 1. The molecular formula is C24H24N4O2. The van der Waals surface area contributed by atoms with Crippen LogP contribution in [0.2, 0.25) is 0 Å². The normalized spacial score (nSPS) is 11.0. The molecule has 6 nitrogen and oxygen atoms in total. The van der Waals surface area contributed by atoms with E-state index in [1.165, 1.54) is 5.56 Å². The second kappa shape index (κ2) is 7.63. The molecule has 2 aromatic carbocycles. The SMILES string of the molecule is COc1cccc(-c2cc(C(=O)Nc3ccc(C)c(C)c3)c3c(C)nn(C)c3n2)c1. The third-order valence-corrected chi connectivity index (χ3v) is 5.34. The minimum atomic E-state index is -0.189. The number of benzene rings is 2. The molecule has 0 aliphatic heterocycles. The molecular weight excluding hydrogens is 376 g/mol. The summed E-state index contributed by atoms with van der Waals surface area (Å²) in [6.45, 7) is 5.97. The maximum Gasteiger partial charge on any atom is 0.256 e. The molecule has 0 aliphatic carbocycles. The van der Waals surface area contributed by atoms with Crippen molar-refractivity contribution in [2.24, 2.45) is 7.05 Å². The Morgan fingerprint density at radius 2 is 1.83 bits per heavy atom.